The Labute approximate surface area is 111 Å². The Bertz CT molecular complexity index is 502. The fourth-order valence-corrected chi connectivity index (χ4v) is 2.30. The smallest absolute Gasteiger partial charge is 0.354 e. The van der Waals surface area contributed by atoms with E-state index in [1.165, 1.54) is 6.07 Å². The molecule has 0 radical (unpaired) electrons. The van der Waals surface area contributed by atoms with Gasteiger partial charge in [-0.05, 0) is 25.0 Å². The predicted octanol–water partition coefficient (Wildman–Crippen LogP) is 0.837. The number of anilines is 1. The van der Waals surface area contributed by atoms with Crippen LogP contribution in [0.5, 0.6) is 0 Å². The normalized spacial score (nSPS) is 18.4. The molecule has 1 aromatic heterocycles. The Hall–Kier alpha value is -2.11. The molecule has 2 heterocycles. The second kappa shape index (κ2) is 5.26. The van der Waals surface area contributed by atoms with Crippen molar-refractivity contribution in [2.45, 2.75) is 18.9 Å². The first-order valence-electron chi connectivity index (χ1n) is 6.19. The number of rotatable bonds is 3. The summed E-state index contributed by atoms with van der Waals surface area (Å²) >= 11 is 0. The van der Waals surface area contributed by atoms with Crippen molar-refractivity contribution in [1.82, 2.24) is 9.88 Å². The van der Waals surface area contributed by atoms with Crippen molar-refractivity contribution in [2.75, 3.05) is 25.5 Å². The zero-order chi connectivity index (χ0) is 14.0. The van der Waals surface area contributed by atoms with Gasteiger partial charge in [-0.1, -0.05) is 6.07 Å². The number of likely N-dealkylation sites (N-methyl/N-ethyl adjacent to an activating group) is 1. The maximum Gasteiger partial charge on any atom is 0.354 e. The Morgan fingerprint density at radius 1 is 1.42 bits per heavy atom. The molecule has 0 saturated carbocycles. The molecule has 0 aromatic carbocycles. The number of aromatic carboxylic acids is 1. The Balaban J connectivity index is 2.27. The van der Waals surface area contributed by atoms with Crippen molar-refractivity contribution in [3.05, 3.63) is 23.9 Å². The molecule has 1 amide bonds. The van der Waals surface area contributed by atoms with Crippen LogP contribution in [0, 0.1) is 0 Å². The first-order chi connectivity index (χ1) is 9.00. The van der Waals surface area contributed by atoms with Crippen LogP contribution in [-0.4, -0.2) is 53.5 Å². The number of carboxylic acids is 1. The number of carboxylic acid groups (broad SMARTS) is 1. The number of pyridine rings is 1. The van der Waals surface area contributed by atoms with Gasteiger partial charge >= 0.3 is 5.97 Å². The number of carbonyl (C=O) groups excluding carboxylic acids is 1. The van der Waals surface area contributed by atoms with Crippen LogP contribution in [-0.2, 0) is 4.79 Å². The van der Waals surface area contributed by atoms with Crippen molar-refractivity contribution in [1.29, 1.82) is 0 Å². The third-order valence-corrected chi connectivity index (χ3v) is 3.23. The molecule has 0 spiro atoms. The average molecular weight is 263 g/mol. The van der Waals surface area contributed by atoms with Crippen molar-refractivity contribution in [2.24, 2.45) is 0 Å². The van der Waals surface area contributed by atoms with Crippen molar-refractivity contribution >= 4 is 17.7 Å². The van der Waals surface area contributed by atoms with Crippen LogP contribution in [0.2, 0.25) is 0 Å². The van der Waals surface area contributed by atoms with Crippen LogP contribution >= 0.6 is 0 Å². The molecule has 1 saturated heterocycles. The predicted molar refractivity (Wildman–Crippen MR) is 70.3 cm³/mol. The van der Waals surface area contributed by atoms with Crippen LogP contribution in [0.4, 0.5) is 5.82 Å². The monoisotopic (exact) mass is 263 g/mol. The minimum Gasteiger partial charge on any atom is -0.477 e. The fourth-order valence-electron chi connectivity index (χ4n) is 2.30. The molecule has 1 atom stereocenters. The van der Waals surface area contributed by atoms with Gasteiger partial charge in [0.2, 0.25) is 5.91 Å². The highest BCUT2D eigenvalue weighted by atomic mass is 16.4. The van der Waals surface area contributed by atoms with E-state index in [0.29, 0.717) is 5.82 Å². The highest BCUT2D eigenvalue weighted by molar-refractivity contribution is 5.87. The van der Waals surface area contributed by atoms with E-state index in [1.807, 2.05) is 4.90 Å². The first kappa shape index (κ1) is 13.3. The summed E-state index contributed by atoms with van der Waals surface area (Å²) in [6.07, 6.45) is 1.68. The lowest BCUT2D eigenvalue weighted by atomic mass is 10.2. The number of aromatic nitrogens is 1. The summed E-state index contributed by atoms with van der Waals surface area (Å²) in [5, 5.41) is 8.96. The lowest BCUT2D eigenvalue weighted by Crippen LogP contribution is -2.43. The van der Waals surface area contributed by atoms with Crippen LogP contribution in [0.3, 0.4) is 0 Å². The van der Waals surface area contributed by atoms with E-state index in [-0.39, 0.29) is 17.6 Å². The maximum absolute atomic E-state index is 12.1. The largest absolute Gasteiger partial charge is 0.477 e. The van der Waals surface area contributed by atoms with Gasteiger partial charge in [0.1, 0.15) is 11.9 Å². The third-order valence-electron chi connectivity index (χ3n) is 3.23. The third kappa shape index (κ3) is 2.67. The number of hydrogen-bond acceptors (Lipinski definition) is 4. The van der Waals surface area contributed by atoms with Crippen LogP contribution in [0.15, 0.2) is 18.2 Å². The zero-order valence-corrected chi connectivity index (χ0v) is 11.0. The van der Waals surface area contributed by atoms with Gasteiger partial charge in [-0.2, -0.15) is 0 Å². The zero-order valence-electron chi connectivity index (χ0n) is 11.0. The SMILES string of the molecule is CN(C)C(=O)C1CCCN1c1cccc(C(=O)O)n1. The first-order valence-corrected chi connectivity index (χ1v) is 6.19. The highest BCUT2D eigenvalue weighted by Crippen LogP contribution is 2.25. The topological polar surface area (TPSA) is 73.7 Å². The van der Waals surface area contributed by atoms with Gasteiger partial charge in [0.05, 0.1) is 0 Å². The lowest BCUT2D eigenvalue weighted by molar-refractivity contribution is -0.129. The van der Waals surface area contributed by atoms with Crippen molar-refractivity contribution < 1.29 is 14.7 Å². The fraction of sp³-hybridized carbons (Fsp3) is 0.462. The summed E-state index contributed by atoms with van der Waals surface area (Å²) in [5.74, 6) is -0.478. The number of carbonyl (C=O) groups is 2. The molecule has 0 bridgehead atoms. The summed E-state index contributed by atoms with van der Waals surface area (Å²) in [6.45, 7) is 0.723. The molecule has 1 unspecified atom stereocenters. The lowest BCUT2D eigenvalue weighted by Gasteiger charge is -2.27. The number of nitrogens with zero attached hydrogens (tertiary/aromatic N) is 3. The minimum atomic E-state index is -1.06. The molecule has 1 fully saturated rings. The second-order valence-electron chi connectivity index (χ2n) is 4.77. The van der Waals surface area contributed by atoms with Crippen LogP contribution in [0.25, 0.3) is 0 Å². The molecule has 0 aliphatic carbocycles. The van der Waals surface area contributed by atoms with E-state index in [4.69, 9.17) is 5.11 Å². The van der Waals surface area contributed by atoms with Gasteiger partial charge < -0.3 is 14.9 Å². The summed E-state index contributed by atoms with van der Waals surface area (Å²) < 4.78 is 0. The molecule has 1 aliphatic heterocycles. The van der Waals surface area contributed by atoms with E-state index >= 15 is 0 Å². The van der Waals surface area contributed by atoms with E-state index in [1.54, 1.807) is 31.1 Å². The Morgan fingerprint density at radius 2 is 2.16 bits per heavy atom. The van der Waals surface area contributed by atoms with Gasteiger partial charge in [0, 0.05) is 20.6 Å². The second-order valence-corrected chi connectivity index (χ2v) is 4.77. The summed E-state index contributed by atoms with van der Waals surface area (Å²) in [5.41, 5.74) is 0.000419. The van der Waals surface area contributed by atoms with E-state index in [0.717, 1.165) is 19.4 Å². The van der Waals surface area contributed by atoms with E-state index in [2.05, 4.69) is 4.98 Å². The van der Waals surface area contributed by atoms with Crippen LogP contribution < -0.4 is 4.90 Å². The highest BCUT2D eigenvalue weighted by Gasteiger charge is 2.32. The van der Waals surface area contributed by atoms with Gasteiger partial charge in [-0.15, -0.1) is 0 Å². The maximum atomic E-state index is 12.1. The molecular formula is C13H17N3O3. The molecule has 2 rings (SSSR count). The quantitative estimate of drug-likeness (QED) is 0.874. The molecule has 6 nitrogen and oxygen atoms in total. The number of amides is 1. The van der Waals surface area contributed by atoms with Crippen LogP contribution in [0.1, 0.15) is 23.3 Å². The molecule has 1 N–H and O–H groups in total. The molecule has 1 aliphatic rings. The molecule has 102 valence electrons. The standard InChI is InChI=1S/C13H17N3O3/c1-15(2)12(17)10-6-4-8-16(10)11-7-3-5-9(14-11)13(18)19/h3,5,7,10H,4,6,8H2,1-2H3,(H,18,19). The minimum absolute atomic E-state index is 0.000419. The van der Waals surface area contributed by atoms with Gasteiger partial charge in [-0.3, -0.25) is 4.79 Å². The average Bonchev–Trinajstić information content (AvgIpc) is 2.86. The molecule has 6 heteroatoms. The summed E-state index contributed by atoms with van der Waals surface area (Å²) in [7, 11) is 3.44. The van der Waals surface area contributed by atoms with Gasteiger partial charge in [-0.25, -0.2) is 9.78 Å². The molecule has 19 heavy (non-hydrogen) atoms. The molecular weight excluding hydrogens is 246 g/mol. The Kier molecular flexibility index (Phi) is 3.69. The summed E-state index contributed by atoms with van der Waals surface area (Å²) in [4.78, 5) is 30.6. The van der Waals surface area contributed by atoms with Gasteiger partial charge in [0.15, 0.2) is 5.69 Å². The van der Waals surface area contributed by atoms with E-state index in [9.17, 15) is 9.59 Å². The van der Waals surface area contributed by atoms with Gasteiger partial charge in [0.25, 0.3) is 0 Å². The Morgan fingerprint density at radius 3 is 2.79 bits per heavy atom. The molecule has 1 aromatic rings. The van der Waals surface area contributed by atoms with E-state index < -0.39 is 5.97 Å². The summed E-state index contributed by atoms with van der Waals surface area (Å²) in [6, 6.07) is 4.60. The van der Waals surface area contributed by atoms with Crippen molar-refractivity contribution in [3.8, 4) is 0 Å². The number of hydrogen-bond donors (Lipinski definition) is 1. The van der Waals surface area contributed by atoms with Crippen molar-refractivity contribution in [3.63, 3.8) is 0 Å².